The van der Waals surface area contributed by atoms with Gasteiger partial charge >= 0.3 is 5.97 Å². The monoisotopic (exact) mass is 260 g/mol. The molecule has 0 saturated carbocycles. The third kappa shape index (κ3) is 3.12. The first-order valence-corrected chi connectivity index (χ1v) is 6.86. The summed E-state index contributed by atoms with van der Waals surface area (Å²) in [5, 5.41) is 12.8. The van der Waals surface area contributed by atoms with Gasteiger partial charge in [0.05, 0.1) is 5.69 Å². The predicted octanol–water partition coefficient (Wildman–Crippen LogP) is 2.70. The molecule has 0 fully saturated rings. The number of anilines is 1. The molecule has 0 unspecified atom stereocenters. The second-order valence-corrected chi connectivity index (χ2v) is 6.38. The average Bonchev–Trinajstić information content (AvgIpc) is 2.57. The summed E-state index contributed by atoms with van der Waals surface area (Å²) in [4.78, 5) is 11.0. The number of carboxylic acid groups (broad SMARTS) is 1. The molecule has 0 saturated heterocycles. The summed E-state index contributed by atoms with van der Waals surface area (Å²) >= 11 is 2.95. The molecule has 4 nitrogen and oxygen atoms in total. The van der Waals surface area contributed by atoms with Gasteiger partial charge < -0.3 is 10.4 Å². The number of aryl methyl sites for hydroxylation is 1. The van der Waals surface area contributed by atoms with Crippen LogP contribution in [-0.4, -0.2) is 33.0 Å². The van der Waals surface area contributed by atoms with E-state index in [0.29, 0.717) is 16.3 Å². The van der Waals surface area contributed by atoms with Crippen molar-refractivity contribution in [3.63, 3.8) is 0 Å². The van der Waals surface area contributed by atoms with Gasteiger partial charge in [-0.25, -0.2) is 4.79 Å². The van der Waals surface area contributed by atoms with Crippen LogP contribution < -0.4 is 5.32 Å². The summed E-state index contributed by atoms with van der Waals surface area (Å²) in [7, 11) is 0. The number of aromatic nitrogens is 1. The van der Waals surface area contributed by atoms with Gasteiger partial charge in [-0.3, -0.25) is 0 Å². The standard InChI is InChI=1S/C10H16N2O2S2/c1-6-7(9(13)14)8(16-12-6)11-5-10(2,3)15-4/h11H,5H2,1-4H3,(H,13,14). The Balaban J connectivity index is 2.79. The van der Waals surface area contributed by atoms with Crippen molar-refractivity contribution in [1.82, 2.24) is 4.37 Å². The molecule has 0 spiro atoms. The minimum absolute atomic E-state index is 0.0771. The minimum atomic E-state index is -0.921. The molecule has 90 valence electrons. The lowest BCUT2D eigenvalue weighted by Crippen LogP contribution is -2.26. The minimum Gasteiger partial charge on any atom is -0.478 e. The SMILES string of the molecule is CSC(C)(C)CNc1snc(C)c1C(=O)O. The van der Waals surface area contributed by atoms with Gasteiger partial charge in [0, 0.05) is 11.3 Å². The van der Waals surface area contributed by atoms with E-state index in [2.05, 4.69) is 23.5 Å². The van der Waals surface area contributed by atoms with Crippen LogP contribution in [0.5, 0.6) is 0 Å². The van der Waals surface area contributed by atoms with Gasteiger partial charge in [0.2, 0.25) is 0 Å². The van der Waals surface area contributed by atoms with Gasteiger partial charge in [-0.15, -0.1) is 0 Å². The van der Waals surface area contributed by atoms with Crippen molar-refractivity contribution in [3.8, 4) is 0 Å². The van der Waals surface area contributed by atoms with Crippen molar-refractivity contribution in [2.24, 2.45) is 0 Å². The number of nitrogens with zero attached hydrogens (tertiary/aromatic N) is 1. The van der Waals surface area contributed by atoms with Gasteiger partial charge in [-0.2, -0.15) is 16.1 Å². The molecule has 0 bridgehead atoms. The Morgan fingerprint density at radius 1 is 1.62 bits per heavy atom. The van der Waals surface area contributed by atoms with Crippen LogP contribution in [0.4, 0.5) is 5.00 Å². The summed E-state index contributed by atoms with van der Waals surface area (Å²) in [5.74, 6) is -0.921. The second-order valence-electron chi connectivity index (χ2n) is 4.09. The summed E-state index contributed by atoms with van der Waals surface area (Å²) in [5.41, 5.74) is 0.865. The lowest BCUT2D eigenvalue weighted by Gasteiger charge is -2.22. The van der Waals surface area contributed by atoms with E-state index in [1.165, 1.54) is 11.5 Å². The molecule has 0 aromatic carbocycles. The van der Waals surface area contributed by atoms with E-state index in [-0.39, 0.29) is 4.75 Å². The number of rotatable bonds is 5. The van der Waals surface area contributed by atoms with E-state index >= 15 is 0 Å². The smallest absolute Gasteiger partial charge is 0.340 e. The summed E-state index contributed by atoms with van der Waals surface area (Å²) in [6.07, 6.45) is 2.04. The van der Waals surface area contributed by atoms with Crippen molar-refractivity contribution in [1.29, 1.82) is 0 Å². The summed E-state index contributed by atoms with van der Waals surface area (Å²) in [6.45, 7) is 6.65. The highest BCUT2D eigenvalue weighted by Crippen LogP contribution is 2.27. The van der Waals surface area contributed by atoms with Crippen LogP contribution >= 0.6 is 23.3 Å². The lowest BCUT2D eigenvalue weighted by atomic mass is 10.2. The first-order valence-electron chi connectivity index (χ1n) is 4.86. The highest BCUT2D eigenvalue weighted by molar-refractivity contribution is 7.99. The molecule has 6 heteroatoms. The summed E-state index contributed by atoms with van der Waals surface area (Å²) < 4.78 is 4.13. The molecule has 0 amide bonds. The quantitative estimate of drug-likeness (QED) is 0.852. The number of thioether (sulfide) groups is 1. The Morgan fingerprint density at radius 3 is 2.75 bits per heavy atom. The summed E-state index contributed by atoms with van der Waals surface area (Å²) in [6, 6.07) is 0. The number of hydrogen-bond donors (Lipinski definition) is 2. The molecule has 0 aliphatic heterocycles. The first kappa shape index (κ1) is 13.3. The fourth-order valence-electron chi connectivity index (χ4n) is 1.11. The number of aromatic carboxylic acids is 1. The molecular weight excluding hydrogens is 244 g/mol. The van der Waals surface area contributed by atoms with Crippen molar-refractivity contribution in [2.75, 3.05) is 18.1 Å². The lowest BCUT2D eigenvalue weighted by molar-refractivity contribution is 0.0697. The van der Waals surface area contributed by atoms with Gasteiger partial charge in [0.1, 0.15) is 10.6 Å². The third-order valence-corrected chi connectivity index (χ3v) is 4.45. The maximum atomic E-state index is 11.0. The number of nitrogens with one attached hydrogen (secondary N) is 1. The van der Waals surface area contributed by atoms with Crippen LogP contribution in [0.3, 0.4) is 0 Å². The molecule has 16 heavy (non-hydrogen) atoms. The van der Waals surface area contributed by atoms with Crippen LogP contribution in [0.15, 0.2) is 0 Å². The fourth-order valence-corrected chi connectivity index (χ4v) is 2.11. The number of carbonyl (C=O) groups is 1. The van der Waals surface area contributed by atoms with Crippen LogP contribution in [0.25, 0.3) is 0 Å². The van der Waals surface area contributed by atoms with E-state index < -0.39 is 5.97 Å². The van der Waals surface area contributed by atoms with E-state index in [0.717, 1.165) is 6.54 Å². The first-order chi connectivity index (χ1) is 7.37. The third-order valence-electron chi connectivity index (χ3n) is 2.30. The van der Waals surface area contributed by atoms with Gasteiger partial charge in [-0.1, -0.05) is 0 Å². The maximum absolute atomic E-state index is 11.0. The van der Waals surface area contributed by atoms with E-state index in [9.17, 15) is 4.79 Å². The second kappa shape index (κ2) is 5.05. The van der Waals surface area contributed by atoms with Crippen LogP contribution in [0.1, 0.15) is 29.9 Å². The predicted molar refractivity (Wildman–Crippen MR) is 69.9 cm³/mol. The van der Waals surface area contributed by atoms with E-state index in [1.807, 2.05) is 6.26 Å². The largest absolute Gasteiger partial charge is 0.478 e. The Bertz CT molecular complexity index is 388. The molecular formula is C10H16N2O2S2. The van der Waals surface area contributed by atoms with Crippen molar-refractivity contribution >= 4 is 34.3 Å². The van der Waals surface area contributed by atoms with Crippen LogP contribution in [0.2, 0.25) is 0 Å². The zero-order chi connectivity index (χ0) is 12.3. The highest BCUT2D eigenvalue weighted by atomic mass is 32.2. The van der Waals surface area contributed by atoms with Crippen molar-refractivity contribution in [3.05, 3.63) is 11.3 Å². The Labute approximate surface area is 104 Å². The molecule has 1 rings (SSSR count). The molecule has 0 atom stereocenters. The van der Waals surface area contributed by atoms with E-state index in [1.54, 1.807) is 18.7 Å². The topological polar surface area (TPSA) is 62.2 Å². The molecule has 1 aromatic heterocycles. The van der Waals surface area contributed by atoms with Crippen LogP contribution in [0, 0.1) is 6.92 Å². The average molecular weight is 260 g/mol. The number of carboxylic acids is 1. The normalized spacial score (nSPS) is 11.5. The zero-order valence-corrected chi connectivity index (χ0v) is 11.5. The zero-order valence-electron chi connectivity index (χ0n) is 9.83. The van der Waals surface area contributed by atoms with Crippen LogP contribution in [-0.2, 0) is 0 Å². The van der Waals surface area contributed by atoms with Gasteiger partial charge in [-0.05, 0) is 38.6 Å². The molecule has 1 aromatic rings. The van der Waals surface area contributed by atoms with E-state index in [4.69, 9.17) is 5.11 Å². The van der Waals surface area contributed by atoms with Gasteiger partial charge in [0.15, 0.2) is 0 Å². The van der Waals surface area contributed by atoms with Gasteiger partial charge in [0.25, 0.3) is 0 Å². The maximum Gasteiger partial charge on any atom is 0.340 e. The molecule has 0 aliphatic rings. The molecule has 1 heterocycles. The molecule has 0 radical (unpaired) electrons. The Morgan fingerprint density at radius 2 is 2.25 bits per heavy atom. The molecule has 2 N–H and O–H groups in total. The fraction of sp³-hybridized carbons (Fsp3) is 0.600. The Hall–Kier alpha value is -0.750. The Kier molecular flexibility index (Phi) is 4.21. The van der Waals surface area contributed by atoms with Crippen molar-refractivity contribution in [2.45, 2.75) is 25.5 Å². The highest BCUT2D eigenvalue weighted by Gasteiger charge is 2.20. The van der Waals surface area contributed by atoms with Crippen molar-refractivity contribution < 1.29 is 9.90 Å². The molecule has 0 aliphatic carbocycles. The number of hydrogen-bond acceptors (Lipinski definition) is 5.